The first-order valence-electron chi connectivity index (χ1n) is 7.06. The molecule has 6 nitrogen and oxygen atoms in total. The van der Waals surface area contributed by atoms with Gasteiger partial charge in [-0.15, -0.1) is 0 Å². The molecule has 1 aliphatic carbocycles. The summed E-state index contributed by atoms with van der Waals surface area (Å²) in [6.45, 7) is 7.12. The Balaban J connectivity index is 2.16. The highest BCUT2D eigenvalue weighted by molar-refractivity contribution is 5.55. The second kappa shape index (κ2) is 5.64. The van der Waals surface area contributed by atoms with Crippen molar-refractivity contribution in [3.63, 3.8) is 0 Å². The number of rotatable bonds is 5. The standard InChI is InChI=1S/C14H22N4O2/c1-4-15-12-7-11(18(19)20)8-13(17-12)16-10-5-6-14(2,3)9-10/h7-8,10H,4-6,9H2,1-3H3,(H2,15,16,17). The molecular weight excluding hydrogens is 256 g/mol. The average Bonchev–Trinajstić information content (AvgIpc) is 2.68. The van der Waals surface area contributed by atoms with E-state index < -0.39 is 0 Å². The predicted molar refractivity (Wildman–Crippen MR) is 80.1 cm³/mol. The second-order valence-corrected chi connectivity index (χ2v) is 6.13. The maximum atomic E-state index is 11.0. The lowest BCUT2D eigenvalue weighted by atomic mass is 9.92. The molecule has 0 saturated heterocycles. The van der Waals surface area contributed by atoms with E-state index in [4.69, 9.17) is 0 Å². The highest BCUT2D eigenvalue weighted by Crippen LogP contribution is 2.38. The van der Waals surface area contributed by atoms with Crippen LogP contribution in [0.4, 0.5) is 17.3 Å². The fraction of sp³-hybridized carbons (Fsp3) is 0.643. The molecule has 110 valence electrons. The summed E-state index contributed by atoms with van der Waals surface area (Å²) in [7, 11) is 0. The highest BCUT2D eigenvalue weighted by atomic mass is 16.6. The van der Waals surface area contributed by atoms with Crippen LogP contribution in [0.15, 0.2) is 12.1 Å². The Morgan fingerprint density at radius 2 is 2.15 bits per heavy atom. The van der Waals surface area contributed by atoms with E-state index in [1.165, 1.54) is 18.6 Å². The number of hydrogen-bond acceptors (Lipinski definition) is 5. The first kappa shape index (κ1) is 14.6. The van der Waals surface area contributed by atoms with Gasteiger partial charge >= 0.3 is 0 Å². The summed E-state index contributed by atoms with van der Waals surface area (Å²) in [5, 5.41) is 17.3. The topological polar surface area (TPSA) is 80.1 Å². The van der Waals surface area contributed by atoms with Gasteiger partial charge in [-0.1, -0.05) is 13.8 Å². The van der Waals surface area contributed by atoms with Crippen LogP contribution < -0.4 is 10.6 Å². The zero-order valence-corrected chi connectivity index (χ0v) is 12.3. The Hall–Kier alpha value is -1.85. The van der Waals surface area contributed by atoms with Crippen LogP contribution in [-0.2, 0) is 0 Å². The second-order valence-electron chi connectivity index (χ2n) is 6.13. The maximum absolute atomic E-state index is 11.0. The number of nitro groups is 1. The molecule has 2 N–H and O–H groups in total. The summed E-state index contributed by atoms with van der Waals surface area (Å²) < 4.78 is 0. The number of hydrogen-bond donors (Lipinski definition) is 2. The fourth-order valence-electron chi connectivity index (χ4n) is 2.74. The third-order valence-electron chi connectivity index (χ3n) is 3.70. The quantitative estimate of drug-likeness (QED) is 0.637. The molecule has 0 aliphatic heterocycles. The Morgan fingerprint density at radius 3 is 2.70 bits per heavy atom. The van der Waals surface area contributed by atoms with Gasteiger partial charge < -0.3 is 10.6 Å². The SMILES string of the molecule is CCNc1cc([N+](=O)[O-])cc(NC2CCC(C)(C)C2)n1. The molecule has 2 rings (SSSR count). The molecule has 1 aromatic rings. The summed E-state index contributed by atoms with van der Waals surface area (Å²) in [6.07, 6.45) is 3.31. The fourth-order valence-corrected chi connectivity index (χ4v) is 2.74. The predicted octanol–water partition coefficient (Wildman–Crippen LogP) is 3.41. The van der Waals surface area contributed by atoms with Crippen LogP contribution in [-0.4, -0.2) is 22.5 Å². The van der Waals surface area contributed by atoms with Gasteiger partial charge in [0.05, 0.1) is 17.1 Å². The van der Waals surface area contributed by atoms with E-state index in [2.05, 4.69) is 29.5 Å². The van der Waals surface area contributed by atoms with Gasteiger partial charge in [0.2, 0.25) is 0 Å². The molecule has 20 heavy (non-hydrogen) atoms. The van der Waals surface area contributed by atoms with Gasteiger partial charge in [0.25, 0.3) is 5.69 Å². The first-order chi connectivity index (χ1) is 9.39. The molecule has 0 radical (unpaired) electrons. The average molecular weight is 278 g/mol. The minimum atomic E-state index is -0.383. The Morgan fingerprint density at radius 1 is 1.45 bits per heavy atom. The number of nitrogens with zero attached hydrogens (tertiary/aromatic N) is 2. The summed E-state index contributed by atoms with van der Waals surface area (Å²) in [5.41, 5.74) is 0.402. The smallest absolute Gasteiger partial charge is 0.276 e. The lowest BCUT2D eigenvalue weighted by Gasteiger charge is -2.18. The van der Waals surface area contributed by atoms with E-state index in [0.717, 1.165) is 12.8 Å². The molecule has 1 aliphatic rings. The lowest BCUT2D eigenvalue weighted by Crippen LogP contribution is -2.18. The Labute approximate surface area is 119 Å². The lowest BCUT2D eigenvalue weighted by molar-refractivity contribution is -0.384. The molecule has 1 saturated carbocycles. The van der Waals surface area contributed by atoms with Crippen molar-refractivity contribution in [3.8, 4) is 0 Å². The van der Waals surface area contributed by atoms with Gasteiger partial charge in [-0.25, -0.2) is 4.98 Å². The van der Waals surface area contributed by atoms with Crippen LogP contribution in [0.1, 0.15) is 40.0 Å². The zero-order valence-electron chi connectivity index (χ0n) is 12.3. The maximum Gasteiger partial charge on any atom is 0.276 e. The van der Waals surface area contributed by atoms with Crippen LogP contribution in [0.25, 0.3) is 0 Å². The highest BCUT2D eigenvalue weighted by Gasteiger charge is 2.31. The van der Waals surface area contributed by atoms with Crippen molar-refractivity contribution in [3.05, 3.63) is 22.2 Å². The number of aromatic nitrogens is 1. The summed E-state index contributed by atoms with van der Waals surface area (Å²) >= 11 is 0. The number of pyridine rings is 1. The van der Waals surface area contributed by atoms with Gasteiger partial charge in [-0.2, -0.15) is 0 Å². The van der Waals surface area contributed by atoms with Gasteiger partial charge in [0.1, 0.15) is 11.6 Å². The first-order valence-corrected chi connectivity index (χ1v) is 7.06. The molecule has 0 amide bonds. The van der Waals surface area contributed by atoms with Crippen LogP contribution >= 0.6 is 0 Å². The van der Waals surface area contributed by atoms with Crippen LogP contribution in [0, 0.1) is 15.5 Å². The van der Waals surface area contributed by atoms with E-state index in [1.54, 1.807) is 0 Å². The molecule has 1 heterocycles. The Kier molecular flexibility index (Phi) is 4.11. The molecule has 0 spiro atoms. The van der Waals surface area contributed by atoms with Gasteiger partial charge in [-0.3, -0.25) is 10.1 Å². The van der Waals surface area contributed by atoms with Crippen molar-refractivity contribution in [1.29, 1.82) is 0 Å². The number of nitrogens with one attached hydrogen (secondary N) is 2. The molecule has 1 aromatic heterocycles. The van der Waals surface area contributed by atoms with Crippen molar-refractivity contribution in [2.75, 3.05) is 17.2 Å². The van der Waals surface area contributed by atoms with E-state index >= 15 is 0 Å². The van der Waals surface area contributed by atoms with E-state index in [9.17, 15) is 10.1 Å². The third-order valence-corrected chi connectivity index (χ3v) is 3.70. The number of anilines is 2. The van der Waals surface area contributed by atoms with Gasteiger partial charge in [0, 0.05) is 12.6 Å². The minimum absolute atomic E-state index is 0.0655. The molecule has 0 aromatic carbocycles. The van der Waals surface area contributed by atoms with Crippen LogP contribution in [0.5, 0.6) is 0 Å². The molecule has 6 heteroatoms. The monoisotopic (exact) mass is 278 g/mol. The summed E-state index contributed by atoms with van der Waals surface area (Å²) in [6, 6.07) is 3.31. The Bertz CT molecular complexity index is 502. The van der Waals surface area contributed by atoms with Gasteiger partial charge in [-0.05, 0) is 31.6 Å². The summed E-state index contributed by atoms with van der Waals surface area (Å²) in [4.78, 5) is 15.0. The third kappa shape index (κ3) is 3.59. The van der Waals surface area contributed by atoms with Crippen molar-refractivity contribution in [2.45, 2.75) is 46.1 Å². The van der Waals surface area contributed by atoms with Gasteiger partial charge in [0.15, 0.2) is 0 Å². The van der Waals surface area contributed by atoms with E-state index in [-0.39, 0.29) is 10.6 Å². The van der Waals surface area contributed by atoms with Crippen molar-refractivity contribution < 1.29 is 4.92 Å². The molecule has 1 fully saturated rings. The molecule has 1 unspecified atom stereocenters. The van der Waals surface area contributed by atoms with E-state index in [1.807, 2.05) is 6.92 Å². The molecule has 0 bridgehead atoms. The molecular formula is C14H22N4O2. The van der Waals surface area contributed by atoms with E-state index in [0.29, 0.717) is 29.6 Å². The molecule has 1 atom stereocenters. The largest absolute Gasteiger partial charge is 0.370 e. The normalized spacial score (nSPS) is 20.6. The van der Waals surface area contributed by atoms with Crippen LogP contribution in [0.2, 0.25) is 0 Å². The zero-order chi connectivity index (χ0) is 14.8. The summed E-state index contributed by atoms with van der Waals surface area (Å²) in [5.74, 6) is 1.12. The van der Waals surface area contributed by atoms with Crippen LogP contribution in [0.3, 0.4) is 0 Å². The van der Waals surface area contributed by atoms with Crippen molar-refractivity contribution >= 4 is 17.3 Å². The van der Waals surface area contributed by atoms with Crippen molar-refractivity contribution in [2.24, 2.45) is 5.41 Å². The minimum Gasteiger partial charge on any atom is -0.370 e. The van der Waals surface area contributed by atoms with Crippen molar-refractivity contribution in [1.82, 2.24) is 4.98 Å².